The molecule has 4 heteroatoms. The molecule has 1 aliphatic rings. The predicted octanol–water partition coefficient (Wildman–Crippen LogP) is 4.82. The third kappa shape index (κ3) is 2.74. The number of aromatic nitrogens is 1. The summed E-state index contributed by atoms with van der Waals surface area (Å²) >= 11 is 1.76. The fourth-order valence-electron chi connectivity index (χ4n) is 3.51. The second kappa shape index (κ2) is 6.60. The van der Waals surface area contributed by atoms with E-state index in [1.165, 1.54) is 0 Å². The molecule has 1 aromatic heterocycles. The Labute approximate surface area is 151 Å². The van der Waals surface area contributed by atoms with Crippen LogP contribution in [-0.2, 0) is 7.05 Å². The lowest BCUT2D eigenvalue weighted by atomic mass is 9.97. The van der Waals surface area contributed by atoms with Crippen molar-refractivity contribution < 1.29 is 4.74 Å². The van der Waals surface area contributed by atoms with Gasteiger partial charge >= 0.3 is 0 Å². The van der Waals surface area contributed by atoms with Crippen LogP contribution in [-0.4, -0.2) is 16.9 Å². The van der Waals surface area contributed by atoms with E-state index in [-0.39, 0.29) is 11.3 Å². The molecule has 2 heterocycles. The van der Waals surface area contributed by atoms with Crippen LogP contribution in [0.25, 0.3) is 21.7 Å². The second-order valence-electron chi connectivity index (χ2n) is 6.46. The van der Waals surface area contributed by atoms with Crippen molar-refractivity contribution in [1.82, 2.24) is 4.57 Å². The molecule has 1 unspecified atom stereocenters. The van der Waals surface area contributed by atoms with Crippen molar-refractivity contribution in [1.29, 1.82) is 0 Å². The van der Waals surface area contributed by atoms with E-state index in [2.05, 4.69) is 29.0 Å². The number of fused-ring (bicyclic) bond motifs is 3. The number of ether oxygens (including phenoxy) is 1. The van der Waals surface area contributed by atoms with Crippen LogP contribution in [0, 0.1) is 0 Å². The van der Waals surface area contributed by atoms with Crippen LogP contribution < -0.4 is 10.2 Å². The largest absolute Gasteiger partial charge is 0.491 e. The number of nitrogens with zero attached hydrogens (tertiary/aromatic N) is 1. The number of rotatable bonds is 4. The Bertz CT molecular complexity index is 1040. The summed E-state index contributed by atoms with van der Waals surface area (Å²) in [6.07, 6.45) is 5.05. The molecule has 1 atom stereocenters. The maximum atomic E-state index is 13.4. The van der Waals surface area contributed by atoms with Crippen LogP contribution in [0.4, 0.5) is 0 Å². The predicted molar refractivity (Wildman–Crippen MR) is 107 cm³/mol. The third-order valence-electron chi connectivity index (χ3n) is 4.71. The molecule has 0 N–H and O–H groups in total. The van der Waals surface area contributed by atoms with Gasteiger partial charge in [0.1, 0.15) is 5.75 Å². The van der Waals surface area contributed by atoms with E-state index in [9.17, 15) is 4.79 Å². The van der Waals surface area contributed by atoms with Gasteiger partial charge in [0.15, 0.2) is 5.43 Å². The van der Waals surface area contributed by atoms with E-state index in [1.54, 1.807) is 11.8 Å². The summed E-state index contributed by atoms with van der Waals surface area (Å²) in [7, 11) is 2.00. The summed E-state index contributed by atoms with van der Waals surface area (Å²) in [5, 5.41) is 4.91. The minimum absolute atomic E-state index is 0.128. The standard InChI is InChI=1S/C21H21NO2S/c1-3-9-24-18-11-14-6-4-5-7-16(14)19-20(18)22(2)12-17(21(19)23)15-8-10-25-13-15/h4-8,10-12,15H,3,9,13H2,1-2H3. The zero-order valence-corrected chi connectivity index (χ0v) is 15.3. The molecule has 0 saturated heterocycles. The molecule has 0 amide bonds. The highest BCUT2D eigenvalue weighted by atomic mass is 32.2. The number of benzene rings is 2. The van der Waals surface area contributed by atoms with Gasteiger partial charge in [-0.1, -0.05) is 37.3 Å². The molecular weight excluding hydrogens is 330 g/mol. The highest BCUT2D eigenvalue weighted by Gasteiger charge is 2.21. The molecule has 2 aromatic carbocycles. The van der Waals surface area contributed by atoms with Crippen LogP contribution in [0.15, 0.2) is 52.8 Å². The summed E-state index contributed by atoms with van der Waals surface area (Å²) < 4.78 is 8.06. The fourth-order valence-corrected chi connectivity index (χ4v) is 4.42. The Morgan fingerprint density at radius 2 is 2.16 bits per heavy atom. The van der Waals surface area contributed by atoms with Gasteiger partial charge in [-0.3, -0.25) is 4.79 Å². The summed E-state index contributed by atoms with van der Waals surface area (Å²) in [4.78, 5) is 13.4. The van der Waals surface area contributed by atoms with Crippen molar-refractivity contribution in [2.45, 2.75) is 19.3 Å². The maximum absolute atomic E-state index is 13.4. The minimum atomic E-state index is 0.128. The van der Waals surface area contributed by atoms with E-state index < -0.39 is 0 Å². The highest BCUT2D eigenvalue weighted by Crippen LogP contribution is 2.34. The van der Waals surface area contributed by atoms with Crippen molar-refractivity contribution in [2.24, 2.45) is 7.05 Å². The van der Waals surface area contributed by atoms with Crippen LogP contribution in [0.5, 0.6) is 5.75 Å². The summed E-state index contributed by atoms with van der Waals surface area (Å²) in [6, 6.07) is 10.1. The average Bonchev–Trinajstić information content (AvgIpc) is 3.16. The van der Waals surface area contributed by atoms with Crippen molar-refractivity contribution >= 4 is 33.4 Å². The Kier molecular flexibility index (Phi) is 4.30. The van der Waals surface area contributed by atoms with Crippen molar-refractivity contribution in [3.05, 3.63) is 63.8 Å². The zero-order chi connectivity index (χ0) is 17.4. The van der Waals surface area contributed by atoms with E-state index in [1.807, 2.05) is 37.5 Å². The van der Waals surface area contributed by atoms with Crippen LogP contribution in [0.2, 0.25) is 0 Å². The molecule has 3 nitrogen and oxygen atoms in total. The normalized spacial score (nSPS) is 16.8. The number of hydrogen-bond acceptors (Lipinski definition) is 3. The molecule has 0 radical (unpaired) electrons. The summed E-state index contributed by atoms with van der Waals surface area (Å²) in [5.74, 6) is 1.91. The molecule has 128 valence electrons. The number of allylic oxidation sites excluding steroid dienone is 1. The average molecular weight is 351 g/mol. The first kappa shape index (κ1) is 16.3. The minimum Gasteiger partial charge on any atom is -0.491 e. The summed E-state index contributed by atoms with van der Waals surface area (Å²) in [5.41, 5.74) is 1.88. The van der Waals surface area contributed by atoms with Gasteiger partial charge in [0.05, 0.1) is 17.5 Å². The zero-order valence-electron chi connectivity index (χ0n) is 14.5. The summed E-state index contributed by atoms with van der Waals surface area (Å²) in [6.45, 7) is 2.73. The van der Waals surface area contributed by atoms with Gasteiger partial charge in [-0.25, -0.2) is 0 Å². The van der Waals surface area contributed by atoms with Crippen LogP contribution in [0.3, 0.4) is 0 Å². The van der Waals surface area contributed by atoms with Gasteiger partial charge in [-0.15, -0.1) is 11.8 Å². The van der Waals surface area contributed by atoms with E-state index in [0.29, 0.717) is 6.61 Å². The first-order valence-corrected chi connectivity index (χ1v) is 9.71. The topological polar surface area (TPSA) is 31.2 Å². The SMILES string of the molecule is CCCOc1cc2ccccc2c2c(=O)c(C3C=CSC3)cn(C)c12. The van der Waals surface area contributed by atoms with Crippen LogP contribution >= 0.6 is 11.8 Å². The lowest BCUT2D eigenvalue weighted by Gasteiger charge is -2.17. The molecule has 1 aliphatic heterocycles. The number of pyridine rings is 1. The van der Waals surface area contributed by atoms with E-state index in [4.69, 9.17) is 4.74 Å². The molecule has 25 heavy (non-hydrogen) atoms. The lowest BCUT2D eigenvalue weighted by Crippen LogP contribution is -2.17. The Morgan fingerprint density at radius 3 is 2.92 bits per heavy atom. The van der Waals surface area contributed by atoms with Gasteiger partial charge in [-0.2, -0.15) is 0 Å². The van der Waals surface area contributed by atoms with Gasteiger partial charge in [-0.05, 0) is 28.7 Å². The maximum Gasteiger partial charge on any atom is 0.193 e. The molecule has 0 spiro atoms. The second-order valence-corrected chi connectivity index (χ2v) is 7.40. The lowest BCUT2D eigenvalue weighted by molar-refractivity contribution is 0.320. The Balaban J connectivity index is 2.09. The quantitative estimate of drug-likeness (QED) is 0.631. The molecule has 0 aliphatic carbocycles. The van der Waals surface area contributed by atoms with Crippen molar-refractivity contribution in [2.75, 3.05) is 12.4 Å². The fraction of sp³-hybridized carbons (Fsp3) is 0.286. The van der Waals surface area contributed by atoms with Gasteiger partial charge < -0.3 is 9.30 Å². The van der Waals surface area contributed by atoms with Crippen molar-refractivity contribution in [3.63, 3.8) is 0 Å². The van der Waals surface area contributed by atoms with Crippen LogP contribution in [0.1, 0.15) is 24.8 Å². The number of hydrogen-bond donors (Lipinski definition) is 0. The first-order valence-electron chi connectivity index (χ1n) is 8.66. The Hall–Kier alpha value is -2.20. The van der Waals surface area contributed by atoms with Crippen molar-refractivity contribution in [3.8, 4) is 5.75 Å². The van der Waals surface area contributed by atoms with Gasteiger partial charge in [0.2, 0.25) is 0 Å². The van der Waals surface area contributed by atoms with E-state index in [0.717, 1.165) is 45.2 Å². The molecular formula is C21H21NO2S. The molecule has 3 aromatic rings. The molecule has 0 bridgehead atoms. The monoisotopic (exact) mass is 351 g/mol. The van der Waals surface area contributed by atoms with Gasteiger partial charge in [0, 0.05) is 30.5 Å². The smallest absolute Gasteiger partial charge is 0.193 e. The first-order chi connectivity index (χ1) is 12.2. The number of aryl methyl sites for hydroxylation is 1. The third-order valence-corrected chi connectivity index (χ3v) is 5.61. The van der Waals surface area contributed by atoms with E-state index >= 15 is 0 Å². The Morgan fingerprint density at radius 1 is 1.32 bits per heavy atom. The van der Waals surface area contributed by atoms with Gasteiger partial charge in [0.25, 0.3) is 0 Å². The number of thioether (sulfide) groups is 1. The molecule has 0 saturated carbocycles. The highest BCUT2D eigenvalue weighted by molar-refractivity contribution is 8.02. The molecule has 0 fully saturated rings. The molecule has 4 rings (SSSR count).